The minimum atomic E-state index is -0.530. The summed E-state index contributed by atoms with van der Waals surface area (Å²) >= 11 is 0. The van der Waals surface area contributed by atoms with Crippen LogP contribution in [0.1, 0.15) is 19.4 Å². The highest BCUT2D eigenvalue weighted by Crippen LogP contribution is 2.16. The number of phenols is 1. The van der Waals surface area contributed by atoms with Gasteiger partial charge in [-0.25, -0.2) is 4.39 Å². The second-order valence-corrected chi connectivity index (χ2v) is 1.91. The van der Waals surface area contributed by atoms with Crippen LogP contribution >= 0.6 is 0 Å². The lowest BCUT2D eigenvalue weighted by molar-refractivity contribution is 0.430. The van der Waals surface area contributed by atoms with Gasteiger partial charge in [-0.2, -0.15) is 0 Å². The highest BCUT2D eigenvalue weighted by molar-refractivity contribution is 5.28. The first-order valence-electron chi connectivity index (χ1n) is 3.66. The van der Waals surface area contributed by atoms with Crippen LogP contribution < -0.4 is 0 Å². The minimum absolute atomic E-state index is 0.282. The molecule has 1 N–H and O–H groups in total. The van der Waals surface area contributed by atoms with E-state index in [0.29, 0.717) is 5.56 Å². The van der Waals surface area contributed by atoms with Crippen molar-refractivity contribution < 1.29 is 9.50 Å². The molecule has 0 saturated heterocycles. The van der Waals surface area contributed by atoms with Crippen LogP contribution in [0, 0.1) is 12.7 Å². The molecule has 0 saturated carbocycles. The summed E-state index contributed by atoms with van der Waals surface area (Å²) in [5, 5.41) is 8.73. The minimum Gasteiger partial charge on any atom is -0.505 e. The van der Waals surface area contributed by atoms with Crippen LogP contribution in [-0.2, 0) is 0 Å². The van der Waals surface area contributed by atoms with E-state index in [4.69, 9.17) is 5.11 Å². The standard InChI is InChI=1S/C7H7FO.C2H6/c1-5-3-2-4-6(9)7(5)8;1-2/h2-4,9H,1H3;1-2H3. The quantitative estimate of drug-likeness (QED) is 0.612. The summed E-state index contributed by atoms with van der Waals surface area (Å²) < 4.78 is 12.5. The van der Waals surface area contributed by atoms with Crippen molar-refractivity contribution in [3.05, 3.63) is 29.6 Å². The summed E-state index contributed by atoms with van der Waals surface area (Å²) in [7, 11) is 0. The van der Waals surface area contributed by atoms with E-state index in [0.717, 1.165) is 0 Å². The maximum absolute atomic E-state index is 12.5. The average molecular weight is 156 g/mol. The molecule has 0 atom stereocenters. The van der Waals surface area contributed by atoms with Crippen LogP contribution in [0.5, 0.6) is 5.75 Å². The van der Waals surface area contributed by atoms with Crippen LogP contribution in [0.25, 0.3) is 0 Å². The van der Waals surface area contributed by atoms with Crippen molar-refractivity contribution in [2.24, 2.45) is 0 Å². The number of rotatable bonds is 0. The van der Waals surface area contributed by atoms with Crippen molar-refractivity contribution in [3.63, 3.8) is 0 Å². The van der Waals surface area contributed by atoms with Crippen molar-refractivity contribution in [3.8, 4) is 5.75 Å². The maximum Gasteiger partial charge on any atom is 0.167 e. The van der Waals surface area contributed by atoms with Crippen LogP contribution in [0.3, 0.4) is 0 Å². The Morgan fingerprint density at radius 1 is 1.27 bits per heavy atom. The van der Waals surface area contributed by atoms with E-state index in [1.807, 2.05) is 13.8 Å². The van der Waals surface area contributed by atoms with Gasteiger partial charge in [0.2, 0.25) is 0 Å². The van der Waals surface area contributed by atoms with Gasteiger partial charge in [-0.3, -0.25) is 0 Å². The first kappa shape index (κ1) is 9.95. The highest BCUT2D eigenvalue weighted by atomic mass is 19.1. The SMILES string of the molecule is CC.Cc1cccc(O)c1F. The van der Waals surface area contributed by atoms with Crippen LogP contribution in [0.2, 0.25) is 0 Å². The Kier molecular flexibility index (Phi) is 4.27. The maximum atomic E-state index is 12.5. The second-order valence-electron chi connectivity index (χ2n) is 1.91. The zero-order valence-electron chi connectivity index (χ0n) is 7.06. The Morgan fingerprint density at radius 3 is 2.18 bits per heavy atom. The zero-order valence-corrected chi connectivity index (χ0v) is 7.06. The Hall–Kier alpha value is -1.05. The van der Waals surface area contributed by atoms with Gasteiger partial charge >= 0.3 is 0 Å². The van der Waals surface area contributed by atoms with Gasteiger partial charge in [0.25, 0.3) is 0 Å². The molecule has 0 aromatic heterocycles. The molecule has 0 aliphatic rings. The van der Waals surface area contributed by atoms with E-state index >= 15 is 0 Å². The van der Waals surface area contributed by atoms with E-state index in [1.165, 1.54) is 6.07 Å². The third kappa shape index (κ3) is 2.58. The summed E-state index contributed by atoms with van der Waals surface area (Å²) in [5.74, 6) is -0.812. The second kappa shape index (κ2) is 4.72. The molecular weight excluding hydrogens is 143 g/mol. The molecule has 62 valence electrons. The molecule has 0 radical (unpaired) electrons. The molecule has 1 aromatic carbocycles. The Labute approximate surface area is 66.5 Å². The molecular formula is C9H13FO. The molecule has 0 fully saturated rings. The number of aromatic hydroxyl groups is 1. The fourth-order valence-electron chi connectivity index (χ4n) is 0.632. The monoisotopic (exact) mass is 156 g/mol. The number of hydrogen-bond acceptors (Lipinski definition) is 1. The summed E-state index contributed by atoms with van der Waals surface area (Å²) in [6.45, 7) is 5.61. The van der Waals surface area contributed by atoms with E-state index in [2.05, 4.69) is 0 Å². The highest BCUT2D eigenvalue weighted by Gasteiger charge is 1.99. The lowest BCUT2D eigenvalue weighted by Crippen LogP contribution is -1.79. The third-order valence-corrected chi connectivity index (χ3v) is 1.17. The Balaban J connectivity index is 0.000000461. The smallest absolute Gasteiger partial charge is 0.167 e. The number of halogens is 1. The number of aryl methyl sites for hydroxylation is 1. The number of phenolic OH excluding ortho intramolecular Hbond substituents is 1. The molecule has 1 nitrogen and oxygen atoms in total. The normalized spacial score (nSPS) is 8.36. The van der Waals surface area contributed by atoms with Crippen molar-refractivity contribution in [2.75, 3.05) is 0 Å². The lowest BCUT2D eigenvalue weighted by atomic mass is 10.2. The molecule has 0 bridgehead atoms. The van der Waals surface area contributed by atoms with Gasteiger partial charge in [0.15, 0.2) is 11.6 Å². The van der Waals surface area contributed by atoms with Gasteiger partial charge in [-0.05, 0) is 18.6 Å². The van der Waals surface area contributed by atoms with Crippen LogP contribution in [-0.4, -0.2) is 5.11 Å². The van der Waals surface area contributed by atoms with Gasteiger partial charge < -0.3 is 5.11 Å². The summed E-state index contributed by atoms with van der Waals surface area (Å²) in [6, 6.07) is 4.53. The van der Waals surface area contributed by atoms with Crippen LogP contribution in [0.15, 0.2) is 18.2 Å². The molecule has 0 amide bonds. The summed E-state index contributed by atoms with van der Waals surface area (Å²) in [6.07, 6.45) is 0. The van der Waals surface area contributed by atoms with Gasteiger partial charge in [0.05, 0.1) is 0 Å². The fraction of sp³-hybridized carbons (Fsp3) is 0.333. The molecule has 0 aliphatic heterocycles. The van der Waals surface area contributed by atoms with Crippen molar-refractivity contribution in [1.82, 2.24) is 0 Å². The van der Waals surface area contributed by atoms with Crippen molar-refractivity contribution >= 4 is 0 Å². The fourth-order valence-corrected chi connectivity index (χ4v) is 0.632. The molecule has 0 spiro atoms. The van der Waals surface area contributed by atoms with Gasteiger partial charge in [-0.1, -0.05) is 26.0 Å². The summed E-state index contributed by atoms with van der Waals surface area (Å²) in [5.41, 5.74) is 0.468. The first-order valence-corrected chi connectivity index (χ1v) is 3.66. The predicted molar refractivity (Wildman–Crippen MR) is 44.1 cm³/mol. The lowest BCUT2D eigenvalue weighted by Gasteiger charge is -1.95. The van der Waals surface area contributed by atoms with Crippen LogP contribution in [0.4, 0.5) is 4.39 Å². The first-order chi connectivity index (χ1) is 5.22. The van der Waals surface area contributed by atoms with E-state index in [-0.39, 0.29) is 5.75 Å². The van der Waals surface area contributed by atoms with E-state index in [9.17, 15) is 4.39 Å². The molecule has 11 heavy (non-hydrogen) atoms. The van der Waals surface area contributed by atoms with Gasteiger partial charge in [0, 0.05) is 0 Å². The zero-order chi connectivity index (χ0) is 8.85. The number of benzene rings is 1. The number of hydrogen-bond donors (Lipinski definition) is 1. The largest absolute Gasteiger partial charge is 0.505 e. The molecule has 0 unspecified atom stereocenters. The molecule has 1 rings (SSSR count). The summed E-state index contributed by atoms with van der Waals surface area (Å²) in [4.78, 5) is 0. The molecule has 0 heterocycles. The third-order valence-electron chi connectivity index (χ3n) is 1.17. The predicted octanol–water partition coefficient (Wildman–Crippen LogP) is 2.87. The topological polar surface area (TPSA) is 20.2 Å². The Morgan fingerprint density at radius 2 is 1.82 bits per heavy atom. The molecule has 2 heteroatoms. The van der Waals surface area contributed by atoms with Crippen molar-refractivity contribution in [2.45, 2.75) is 20.8 Å². The molecule has 0 aliphatic carbocycles. The van der Waals surface area contributed by atoms with E-state index in [1.54, 1.807) is 19.1 Å². The van der Waals surface area contributed by atoms with Gasteiger partial charge in [0.1, 0.15) is 0 Å². The Bertz CT molecular complexity index is 201. The van der Waals surface area contributed by atoms with Gasteiger partial charge in [-0.15, -0.1) is 0 Å². The van der Waals surface area contributed by atoms with Crippen molar-refractivity contribution in [1.29, 1.82) is 0 Å². The molecule has 1 aromatic rings. The van der Waals surface area contributed by atoms with E-state index < -0.39 is 5.82 Å². The average Bonchev–Trinajstić information content (AvgIpc) is 2.04.